The van der Waals surface area contributed by atoms with Crippen molar-refractivity contribution in [2.24, 2.45) is 17.8 Å². The lowest BCUT2D eigenvalue weighted by molar-refractivity contribution is -0.142. The molecule has 2 atom stereocenters. The van der Waals surface area contributed by atoms with Crippen LogP contribution in [0, 0.1) is 17.8 Å². The van der Waals surface area contributed by atoms with Crippen LogP contribution in [0.5, 0.6) is 0 Å². The molecular weight excluding hydrogens is 512 g/mol. The van der Waals surface area contributed by atoms with Crippen molar-refractivity contribution in [3.8, 4) is 22.4 Å². The van der Waals surface area contributed by atoms with E-state index < -0.39 is 11.9 Å². The third-order valence-corrected chi connectivity index (χ3v) is 9.09. The van der Waals surface area contributed by atoms with Crippen LogP contribution in [0.25, 0.3) is 22.4 Å². The lowest BCUT2D eigenvalue weighted by atomic mass is 9.80. The number of rotatable bonds is 7. The number of amides is 2. The number of nitrogens with zero attached hydrogens (tertiary/aromatic N) is 4. The summed E-state index contributed by atoms with van der Waals surface area (Å²) >= 11 is 1.43. The number of aromatic nitrogens is 2. The highest BCUT2D eigenvalue weighted by atomic mass is 32.1. The monoisotopic (exact) mass is 544 g/mol. The molecule has 4 heterocycles. The van der Waals surface area contributed by atoms with Gasteiger partial charge in [0.2, 0.25) is 11.8 Å². The van der Waals surface area contributed by atoms with Gasteiger partial charge in [0.1, 0.15) is 5.82 Å². The molecule has 6 rings (SSSR count). The molecule has 9 heteroatoms. The van der Waals surface area contributed by atoms with E-state index in [4.69, 9.17) is 4.98 Å². The highest BCUT2D eigenvalue weighted by Gasteiger charge is 2.43. The van der Waals surface area contributed by atoms with E-state index in [2.05, 4.69) is 4.98 Å². The van der Waals surface area contributed by atoms with Gasteiger partial charge in [-0.05, 0) is 61.6 Å². The number of carboxylic acids is 1. The molecule has 8 nitrogen and oxygen atoms in total. The second kappa shape index (κ2) is 10.9. The van der Waals surface area contributed by atoms with Gasteiger partial charge >= 0.3 is 5.97 Å². The Hall–Kier alpha value is -3.59. The summed E-state index contributed by atoms with van der Waals surface area (Å²) in [7, 11) is 0. The van der Waals surface area contributed by atoms with Crippen LogP contribution < -0.4 is 9.80 Å². The van der Waals surface area contributed by atoms with Gasteiger partial charge in [-0.2, -0.15) is 0 Å². The van der Waals surface area contributed by atoms with Gasteiger partial charge in [-0.25, -0.2) is 9.97 Å². The fourth-order valence-electron chi connectivity index (χ4n) is 6.12. The Balaban J connectivity index is 1.28. The van der Waals surface area contributed by atoms with Gasteiger partial charge in [-0.3, -0.25) is 24.2 Å². The Kier molecular flexibility index (Phi) is 7.16. The molecule has 2 aromatic heterocycles. The summed E-state index contributed by atoms with van der Waals surface area (Å²) in [5.41, 5.74) is 3.60. The molecule has 1 aliphatic carbocycles. The van der Waals surface area contributed by atoms with Gasteiger partial charge in [0.05, 0.1) is 18.0 Å². The maximum atomic E-state index is 13.8. The van der Waals surface area contributed by atoms with Crippen LogP contribution >= 0.6 is 11.3 Å². The molecule has 1 saturated carbocycles. The summed E-state index contributed by atoms with van der Waals surface area (Å²) in [4.78, 5) is 50.5. The first-order valence-electron chi connectivity index (χ1n) is 13.8. The van der Waals surface area contributed by atoms with Crippen molar-refractivity contribution < 1.29 is 19.5 Å². The number of aliphatic carboxylic acids is 1. The maximum Gasteiger partial charge on any atom is 0.304 e. The molecule has 2 aliphatic heterocycles. The van der Waals surface area contributed by atoms with Crippen molar-refractivity contribution in [2.75, 3.05) is 22.9 Å². The number of hydrogen-bond donors (Lipinski definition) is 1. The van der Waals surface area contributed by atoms with Crippen LogP contribution in [0.2, 0.25) is 0 Å². The molecule has 3 aliphatic rings. The summed E-state index contributed by atoms with van der Waals surface area (Å²) in [6, 6.07) is 11.8. The van der Waals surface area contributed by atoms with Gasteiger partial charge in [-0.1, -0.05) is 30.7 Å². The maximum absolute atomic E-state index is 13.8. The first kappa shape index (κ1) is 25.7. The highest BCUT2D eigenvalue weighted by Crippen LogP contribution is 2.46. The fourth-order valence-corrected chi connectivity index (χ4v) is 6.97. The first-order chi connectivity index (χ1) is 19.0. The second-order valence-corrected chi connectivity index (χ2v) is 11.6. The molecule has 3 aromatic rings. The SMILES string of the molecule is O=C(O)C[C@@H]1C(=O)N(c2nc(-c3ccccc3-c3ccc(N4CCCC4=O)nc3)cs2)CCCC[C@@H]1C1CC1. The minimum Gasteiger partial charge on any atom is -0.481 e. The van der Waals surface area contributed by atoms with Crippen molar-refractivity contribution in [2.45, 2.75) is 51.4 Å². The van der Waals surface area contributed by atoms with E-state index in [9.17, 15) is 19.5 Å². The average Bonchev–Trinajstić information content (AvgIpc) is 3.50. The predicted molar refractivity (Wildman–Crippen MR) is 151 cm³/mol. The minimum atomic E-state index is -0.915. The molecule has 0 bridgehead atoms. The molecule has 2 saturated heterocycles. The van der Waals surface area contributed by atoms with E-state index in [0.717, 1.165) is 60.9 Å². The molecule has 202 valence electrons. The third-order valence-electron chi connectivity index (χ3n) is 8.23. The smallest absolute Gasteiger partial charge is 0.304 e. The fraction of sp³-hybridized carbons (Fsp3) is 0.433. The lowest BCUT2D eigenvalue weighted by Gasteiger charge is -2.33. The number of thiazole rings is 1. The van der Waals surface area contributed by atoms with Gasteiger partial charge < -0.3 is 5.11 Å². The molecule has 0 radical (unpaired) electrons. The van der Waals surface area contributed by atoms with E-state index >= 15 is 0 Å². The zero-order valence-electron chi connectivity index (χ0n) is 21.8. The second-order valence-electron chi connectivity index (χ2n) is 10.8. The molecule has 1 aromatic carbocycles. The van der Waals surface area contributed by atoms with E-state index in [1.165, 1.54) is 11.3 Å². The summed E-state index contributed by atoms with van der Waals surface area (Å²) in [6.45, 7) is 1.26. The van der Waals surface area contributed by atoms with Crippen molar-refractivity contribution >= 4 is 40.1 Å². The quantitative estimate of drug-likeness (QED) is 0.413. The summed E-state index contributed by atoms with van der Waals surface area (Å²) in [5.74, 6) is -0.115. The van der Waals surface area contributed by atoms with Gasteiger partial charge in [0.15, 0.2) is 5.13 Å². The van der Waals surface area contributed by atoms with Gasteiger partial charge in [-0.15, -0.1) is 11.3 Å². The zero-order valence-corrected chi connectivity index (χ0v) is 22.6. The van der Waals surface area contributed by atoms with Crippen molar-refractivity contribution in [1.29, 1.82) is 0 Å². The molecule has 3 fully saturated rings. The van der Waals surface area contributed by atoms with E-state index in [1.807, 2.05) is 41.8 Å². The van der Waals surface area contributed by atoms with Crippen LogP contribution in [0.1, 0.15) is 51.4 Å². The Morgan fingerprint density at radius 2 is 1.77 bits per heavy atom. The van der Waals surface area contributed by atoms with Crippen LogP contribution in [0.3, 0.4) is 0 Å². The molecule has 1 N–H and O–H groups in total. The standard InChI is InChI=1S/C30H32N4O4S/c35-27-9-5-15-33(27)26-13-12-20(17-31-26)22-6-1-2-8-23(22)25-18-39-30(32-25)34-14-4-3-7-21(19-10-11-19)24(29(34)38)16-28(36)37/h1-2,6,8,12-13,17-19,21,24H,3-5,7,9-11,14-16H2,(H,36,37)/t21-,24+/m1/s1. The normalized spacial score (nSPS) is 22.2. The average molecular weight is 545 g/mol. The number of pyridine rings is 1. The summed E-state index contributed by atoms with van der Waals surface area (Å²) in [5, 5.41) is 12.2. The Morgan fingerprint density at radius 3 is 2.46 bits per heavy atom. The largest absolute Gasteiger partial charge is 0.481 e. The molecule has 2 amide bonds. The van der Waals surface area contributed by atoms with Crippen LogP contribution in [-0.2, 0) is 14.4 Å². The Morgan fingerprint density at radius 1 is 0.974 bits per heavy atom. The third kappa shape index (κ3) is 5.32. The van der Waals surface area contributed by atoms with E-state index in [-0.39, 0.29) is 24.2 Å². The topological polar surface area (TPSA) is 104 Å². The summed E-state index contributed by atoms with van der Waals surface area (Å²) in [6.07, 6.45) is 8.09. The summed E-state index contributed by atoms with van der Waals surface area (Å²) < 4.78 is 0. The molecule has 0 spiro atoms. The van der Waals surface area contributed by atoms with E-state index in [1.54, 1.807) is 16.0 Å². The highest BCUT2D eigenvalue weighted by molar-refractivity contribution is 7.14. The van der Waals surface area contributed by atoms with Crippen molar-refractivity contribution in [1.82, 2.24) is 9.97 Å². The number of carbonyl (C=O) groups is 3. The first-order valence-corrected chi connectivity index (χ1v) is 14.7. The number of carboxylic acid groups (broad SMARTS) is 1. The molecule has 39 heavy (non-hydrogen) atoms. The number of hydrogen-bond acceptors (Lipinski definition) is 6. The van der Waals surface area contributed by atoms with E-state index in [0.29, 0.717) is 36.4 Å². The van der Waals surface area contributed by atoms with Crippen LogP contribution in [0.4, 0.5) is 10.9 Å². The van der Waals surface area contributed by atoms with Crippen molar-refractivity contribution in [3.05, 3.63) is 48.0 Å². The lowest BCUT2D eigenvalue weighted by Crippen LogP contribution is -2.43. The number of carbonyl (C=O) groups excluding carboxylic acids is 2. The van der Waals surface area contributed by atoms with Gasteiger partial charge in [0, 0.05) is 42.2 Å². The Labute approximate surface area is 231 Å². The van der Waals surface area contributed by atoms with Crippen LogP contribution in [0.15, 0.2) is 48.0 Å². The molecular formula is C30H32N4O4S. The van der Waals surface area contributed by atoms with Gasteiger partial charge in [0.25, 0.3) is 0 Å². The number of anilines is 2. The predicted octanol–water partition coefficient (Wildman–Crippen LogP) is 5.63. The van der Waals surface area contributed by atoms with Crippen LogP contribution in [-0.4, -0.2) is 45.9 Å². The number of benzene rings is 1. The van der Waals surface area contributed by atoms with Crippen molar-refractivity contribution in [3.63, 3.8) is 0 Å². The minimum absolute atomic E-state index is 0.0977. The molecule has 0 unspecified atom stereocenters. The Bertz CT molecular complexity index is 1380. The zero-order chi connectivity index (χ0) is 26.9.